The predicted octanol–water partition coefficient (Wildman–Crippen LogP) is 10.7. The summed E-state index contributed by atoms with van der Waals surface area (Å²) in [5.41, 5.74) is 0. The monoisotopic (exact) mass is 814 g/mol. The molecule has 1 aliphatic heterocycles. The van der Waals surface area contributed by atoms with Crippen molar-refractivity contribution in [3.63, 3.8) is 0 Å². The molecule has 1 aliphatic rings. The summed E-state index contributed by atoms with van der Waals surface area (Å²) in [5.74, 6) is -0.148. The van der Waals surface area contributed by atoms with Crippen molar-refractivity contribution < 1.29 is 39.8 Å². The summed E-state index contributed by atoms with van der Waals surface area (Å²) in [6.45, 7) is 3.80. The number of carbonyl (C=O) groups excluding carboxylic acids is 1. The average Bonchev–Trinajstić information content (AvgIpc) is 3.21. The first kappa shape index (κ1) is 54.2. The third-order valence-corrected chi connectivity index (χ3v) is 12.2. The summed E-state index contributed by atoms with van der Waals surface area (Å²) in [5, 5.41) is 54.2. The Kier molecular flexibility index (Phi) is 37.4. The largest absolute Gasteiger partial charge is 0.394 e. The number of ether oxygens (including phenoxy) is 2. The van der Waals surface area contributed by atoms with Crippen molar-refractivity contribution >= 4 is 5.91 Å². The Hall–Kier alpha value is -0.810. The van der Waals surface area contributed by atoms with Gasteiger partial charge in [-0.3, -0.25) is 4.79 Å². The van der Waals surface area contributed by atoms with Crippen molar-refractivity contribution in [3.8, 4) is 0 Å². The fraction of sp³-hybridized carbons (Fsp3) is 0.979. The molecule has 1 heterocycles. The lowest BCUT2D eigenvalue weighted by Crippen LogP contribution is -2.60. The van der Waals surface area contributed by atoms with Crippen molar-refractivity contribution in [2.45, 2.75) is 288 Å². The van der Waals surface area contributed by atoms with Crippen molar-refractivity contribution in [1.29, 1.82) is 0 Å². The molecule has 1 saturated heterocycles. The third kappa shape index (κ3) is 30.0. The second-order valence-electron chi connectivity index (χ2n) is 17.6. The summed E-state index contributed by atoms with van der Waals surface area (Å²) >= 11 is 0. The highest BCUT2D eigenvalue weighted by Crippen LogP contribution is 2.23. The molecule has 6 N–H and O–H groups in total. The normalized spacial score (nSPS) is 20.9. The number of carbonyl (C=O) groups is 1. The van der Waals surface area contributed by atoms with E-state index in [4.69, 9.17) is 9.47 Å². The lowest BCUT2D eigenvalue weighted by molar-refractivity contribution is -0.302. The minimum absolute atomic E-state index is 0.133. The fourth-order valence-electron chi connectivity index (χ4n) is 8.22. The molecular weight excluding hydrogens is 719 g/mol. The number of hydrogen-bond donors (Lipinski definition) is 6. The van der Waals surface area contributed by atoms with Crippen LogP contribution in [0.1, 0.15) is 245 Å². The van der Waals surface area contributed by atoms with E-state index >= 15 is 0 Å². The zero-order valence-electron chi connectivity index (χ0n) is 37.4. The summed E-state index contributed by atoms with van der Waals surface area (Å²) < 4.78 is 11.2. The molecule has 7 atom stereocenters. The molecule has 9 heteroatoms. The number of hydrogen-bond acceptors (Lipinski definition) is 8. The van der Waals surface area contributed by atoms with Gasteiger partial charge in [0.05, 0.1) is 25.4 Å². The lowest BCUT2D eigenvalue weighted by atomic mass is 9.99. The van der Waals surface area contributed by atoms with Gasteiger partial charge in [-0.25, -0.2) is 0 Å². The minimum Gasteiger partial charge on any atom is -0.394 e. The predicted molar refractivity (Wildman–Crippen MR) is 235 cm³/mol. The van der Waals surface area contributed by atoms with Gasteiger partial charge in [0, 0.05) is 6.42 Å². The van der Waals surface area contributed by atoms with Gasteiger partial charge in [-0.1, -0.05) is 226 Å². The maximum atomic E-state index is 12.8. The highest BCUT2D eigenvalue weighted by Gasteiger charge is 2.44. The van der Waals surface area contributed by atoms with Gasteiger partial charge in [0.15, 0.2) is 6.29 Å². The van der Waals surface area contributed by atoms with Crippen LogP contribution in [0, 0.1) is 0 Å². The van der Waals surface area contributed by atoms with Gasteiger partial charge < -0.3 is 40.3 Å². The number of aliphatic hydroxyl groups excluding tert-OH is 5. The Bertz CT molecular complexity index is 862. The second-order valence-corrected chi connectivity index (χ2v) is 17.6. The molecule has 1 rings (SSSR count). The maximum absolute atomic E-state index is 12.8. The zero-order chi connectivity index (χ0) is 41.6. The number of nitrogens with one attached hydrogen (secondary N) is 1. The zero-order valence-corrected chi connectivity index (χ0v) is 37.4. The number of amides is 1. The van der Waals surface area contributed by atoms with Gasteiger partial charge in [-0.05, 0) is 12.8 Å². The molecular formula is C48H95NO8. The highest BCUT2D eigenvalue weighted by atomic mass is 16.7. The number of aliphatic hydroxyl groups is 5. The van der Waals surface area contributed by atoms with Crippen LogP contribution in [0.3, 0.4) is 0 Å². The number of unbranched alkanes of at least 4 members (excludes halogenated alkanes) is 32. The molecule has 0 aromatic heterocycles. The van der Waals surface area contributed by atoms with E-state index in [1.165, 1.54) is 180 Å². The quantitative estimate of drug-likeness (QED) is 0.0334. The Balaban J connectivity index is 2.11. The first-order chi connectivity index (χ1) is 27.8. The smallest absolute Gasteiger partial charge is 0.220 e. The maximum Gasteiger partial charge on any atom is 0.220 e. The van der Waals surface area contributed by atoms with Crippen molar-refractivity contribution in [3.05, 3.63) is 0 Å². The second kappa shape index (κ2) is 39.3. The van der Waals surface area contributed by atoms with Crippen LogP contribution in [0.4, 0.5) is 0 Å². The highest BCUT2D eigenvalue weighted by molar-refractivity contribution is 5.76. The first-order valence-electron chi connectivity index (χ1n) is 24.7. The van der Waals surface area contributed by atoms with E-state index < -0.39 is 49.5 Å². The van der Waals surface area contributed by atoms with Crippen molar-refractivity contribution in [1.82, 2.24) is 5.32 Å². The molecule has 1 fully saturated rings. The molecule has 0 radical (unpaired) electrons. The van der Waals surface area contributed by atoms with E-state index in [1.54, 1.807) is 0 Å². The van der Waals surface area contributed by atoms with Gasteiger partial charge in [0.25, 0.3) is 0 Å². The van der Waals surface area contributed by atoms with Crippen molar-refractivity contribution in [2.75, 3.05) is 13.2 Å². The molecule has 0 aliphatic carbocycles. The van der Waals surface area contributed by atoms with Gasteiger partial charge in [0.2, 0.25) is 5.91 Å². The van der Waals surface area contributed by atoms with Gasteiger partial charge in [-0.2, -0.15) is 0 Å². The summed E-state index contributed by atoms with van der Waals surface area (Å²) in [4.78, 5) is 12.8. The third-order valence-electron chi connectivity index (χ3n) is 12.2. The number of rotatable bonds is 42. The lowest BCUT2D eigenvalue weighted by Gasteiger charge is -2.40. The van der Waals surface area contributed by atoms with E-state index in [-0.39, 0.29) is 12.5 Å². The molecule has 57 heavy (non-hydrogen) atoms. The first-order valence-corrected chi connectivity index (χ1v) is 24.7. The summed E-state index contributed by atoms with van der Waals surface area (Å²) in [6, 6.07) is -0.710. The van der Waals surface area contributed by atoms with E-state index in [9.17, 15) is 30.3 Å². The Morgan fingerprint density at radius 2 is 0.877 bits per heavy atom. The Morgan fingerprint density at radius 3 is 1.25 bits per heavy atom. The Labute approximate surface area is 351 Å². The van der Waals surface area contributed by atoms with Crippen LogP contribution in [0.15, 0.2) is 0 Å². The minimum atomic E-state index is -1.55. The van der Waals surface area contributed by atoms with Crippen LogP contribution in [-0.2, 0) is 14.3 Å². The molecule has 1 amide bonds. The SMILES string of the molecule is CCCCCCCCCCCCCCCCCCCCCCCCCCCCCC(O)C(COC1OC(CO)C(O)C(O)C1O)NC(=O)CCCCCCCCC. The molecule has 0 aromatic carbocycles. The van der Waals surface area contributed by atoms with Crippen LogP contribution in [0.25, 0.3) is 0 Å². The topological polar surface area (TPSA) is 149 Å². The molecule has 9 nitrogen and oxygen atoms in total. The molecule has 0 aromatic rings. The molecule has 340 valence electrons. The fourth-order valence-corrected chi connectivity index (χ4v) is 8.22. The van der Waals surface area contributed by atoms with Crippen LogP contribution in [-0.4, -0.2) is 87.5 Å². The van der Waals surface area contributed by atoms with E-state index in [1.807, 2.05) is 0 Å². The van der Waals surface area contributed by atoms with Crippen LogP contribution in [0.5, 0.6) is 0 Å². The molecule has 0 spiro atoms. The van der Waals surface area contributed by atoms with Crippen LogP contribution in [0.2, 0.25) is 0 Å². The van der Waals surface area contributed by atoms with Crippen LogP contribution < -0.4 is 5.32 Å². The molecule has 7 unspecified atom stereocenters. The Morgan fingerprint density at radius 1 is 0.526 bits per heavy atom. The van der Waals surface area contributed by atoms with Gasteiger partial charge in [0.1, 0.15) is 24.4 Å². The van der Waals surface area contributed by atoms with Crippen LogP contribution >= 0.6 is 0 Å². The average molecular weight is 814 g/mol. The molecule has 0 bridgehead atoms. The van der Waals surface area contributed by atoms with Crippen molar-refractivity contribution in [2.24, 2.45) is 0 Å². The molecule has 0 saturated carbocycles. The summed E-state index contributed by atoms with van der Waals surface area (Å²) in [6.07, 6.45) is 37.3. The standard InChI is InChI=1S/C48H95NO8/c1-3-5-7-9-11-12-13-14-15-16-17-18-19-20-21-22-23-24-25-26-27-28-29-30-32-33-35-37-42(51)41(49-44(52)38-36-34-31-10-8-6-4-2)40-56-48-47(55)46(54)45(53)43(39-50)57-48/h41-43,45-48,50-51,53-55H,3-40H2,1-2H3,(H,49,52). The summed E-state index contributed by atoms with van der Waals surface area (Å²) in [7, 11) is 0. The van der Waals surface area contributed by atoms with Gasteiger partial charge in [-0.15, -0.1) is 0 Å². The van der Waals surface area contributed by atoms with E-state index in [0.717, 1.165) is 38.5 Å². The van der Waals surface area contributed by atoms with E-state index in [2.05, 4.69) is 19.2 Å². The van der Waals surface area contributed by atoms with E-state index in [0.29, 0.717) is 12.8 Å². The van der Waals surface area contributed by atoms with Gasteiger partial charge >= 0.3 is 0 Å².